The summed E-state index contributed by atoms with van der Waals surface area (Å²) >= 11 is 0. The molecule has 2 aliphatic rings. The maximum Gasteiger partial charge on any atom is 0.249 e. The lowest BCUT2D eigenvalue weighted by molar-refractivity contribution is -0.137. The first-order valence-corrected chi connectivity index (χ1v) is 10.5. The van der Waals surface area contributed by atoms with E-state index in [0.29, 0.717) is 6.54 Å². The molecule has 0 bridgehead atoms. The molecule has 0 aromatic heterocycles. The number of carbonyl (C=O) groups is 1. The van der Waals surface area contributed by atoms with Crippen molar-refractivity contribution in [3.63, 3.8) is 0 Å². The van der Waals surface area contributed by atoms with Gasteiger partial charge in [0.2, 0.25) is 5.91 Å². The van der Waals surface area contributed by atoms with Crippen LogP contribution in [0.4, 0.5) is 0 Å². The summed E-state index contributed by atoms with van der Waals surface area (Å²) in [5.74, 6) is 0.0234. The van der Waals surface area contributed by atoms with Crippen LogP contribution < -0.4 is 5.32 Å². The van der Waals surface area contributed by atoms with Crippen LogP contribution in [-0.2, 0) is 14.3 Å². The molecular weight excluding hydrogens is 340 g/mol. The van der Waals surface area contributed by atoms with Crippen molar-refractivity contribution >= 4 is 5.91 Å². The Morgan fingerprint density at radius 2 is 2.04 bits per heavy atom. The average Bonchev–Trinajstić information content (AvgIpc) is 3.20. The van der Waals surface area contributed by atoms with E-state index >= 15 is 0 Å². The fraction of sp³-hybridized carbons (Fsp3) is 0.682. The van der Waals surface area contributed by atoms with Crippen LogP contribution in [0.1, 0.15) is 56.2 Å². The molecule has 0 spiro atoms. The van der Waals surface area contributed by atoms with Crippen LogP contribution >= 0.6 is 0 Å². The molecule has 5 heteroatoms. The molecule has 2 atom stereocenters. The predicted molar refractivity (Wildman–Crippen MR) is 107 cm³/mol. The van der Waals surface area contributed by atoms with Gasteiger partial charge in [-0.1, -0.05) is 49.6 Å². The first kappa shape index (κ1) is 20.3. The Kier molecular flexibility index (Phi) is 7.68. The number of nitrogens with zero attached hydrogens (tertiary/aromatic N) is 1. The van der Waals surface area contributed by atoms with Crippen LogP contribution in [0.15, 0.2) is 24.3 Å². The summed E-state index contributed by atoms with van der Waals surface area (Å²) in [4.78, 5) is 15.2. The quantitative estimate of drug-likeness (QED) is 0.759. The third-order valence-corrected chi connectivity index (χ3v) is 5.71. The molecule has 1 amide bonds. The number of benzene rings is 1. The Bertz CT molecular complexity index is 595. The highest BCUT2D eigenvalue weighted by molar-refractivity contribution is 5.80. The molecule has 150 valence electrons. The van der Waals surface area contributed by atoms with E-state index in [-0.39, 0.29) is 24.2 Å². The Balaban J connectivity index is 1.63. The molecule has 5 nitrogen and oxygen atoms in total. The molecule has 1 aromatic carbocycles. The number of hydrogen-bond acceptors (Lipinski definition) is 4. The lowest BCUT2D eigenvalue weighted by Gasteiger charge is -2.35. The Morgan fingerprint density at radius 3 is 2.70 bits per heavy atom. The maximum atomic E-state index is 12.8. The highest BCUT2D eigenvalue weighted by atomic mass is 16.5. The minimum Gasteiger partial charge on any atom is -0.379 e. The largest absolute Gasteiger partial charge is 0.379 e. The third-order valence-electron chi connectivity index (χ3n) is 5.71. The van der Waals surface area contributed by atoms with Crippen LogP contribution in [-0.4, -0.2) is 55.9 Å². The van der Waals surface area contributed by atoms with Crippen LogP contribution in [0, 0.1) is 6.92 Å². The molecular formula is C22H34N2O3. The van der Waals surface area contributed by atoms with Gasteiger partial charge in [0.25, 0.3) is 0 Å². The number of aryl methyl sites for hydroxylation is 1. The van der Waals surface area contributed by atoms with Crippen molar-refractivity contribution < 1.29 is 14.3 Å². The molecule has 1 aliphatic heterocycles. The van der Waals surface area contributed by atoms with Gasteiger partial charge in [0.1, 0.15) is 6.10 Å². The Hall–Kier alpha value is -1.43. The van der Waals surface area contributed by atoms with E-state index in [1.807, 2.05) is 6.92 Å². The van der Waals surface area contributed by atoms with E-state index in [4.69, 9.17) is 9.47 Å². The average molecular weight is 375 g/mol. The molecule has 0 radical (unpaired) electrons. The Morgan fingerprint density at radius 1 is 1.30 bits per heavy atom. The number of amides is 1. The zero-order valence-corrected chi connectivity index (χ0v) is 16.8. The van der Waals surface area contributed by atoms with Gasteiger partial charge in [-0.3, -0.25) is 9.69 Å². The molecule has 2 fully saturated rings. The van der Waals surface area contributed by atoms with Gasteiger partial charge < -0.3 is 14.8 Å². The van der Waals surface area contributed by atoms with Crippen molar-refractivity contribution in [2.75, 3.05) is 32.8 Å². The van der Waals surface area contributed by atoms with Crippen molar-refractivity contribution in [2.24, 2.45) is 0 Å². The van der Waals surface area contributed by atoms with Gasteiger partial charge in [-0.2, -0.15) is 0 Å². The standard InChI is InChI=1S/C22H34N2O3/c1-3-21(27-19-9-4-5-10-19)22(25)23-16-20(24-11-13-26-14-12-24)18-8-6-7-17(2)15-18/h6-8,15,19-21H,3-5,9-14,16H2,1-2H3,(H,23,25). The van der Waals surface area contributed by atoms with Crippen molar-refractivity contribution in [1.29, 1.82) is 0 Å². The van der Waals surface area contributed by atoms with E-state index in [1.54, 1.807) is 0 Å². The van der Waals surface area contributed by atoms with Crippen LogP contribution in [0.3, 0.4) is 0 Å². The zero-order chi connectivity index (χ0) is 19.1. The summed E-state index contributed by atoms with van der Waals surface area (Å²) in [7, 11) is 0. The van der Waals surface area contributed by atoms with Gasteiger partial charge in [-0.15, -0.1) is 0 Å². The lowest BCUT2D eigenvalue weighted by Crippen LogP contribution is -2.46. The van der Waals surface area contributed by atoms with Gasteiger partial charge in [-0.05, 0) is 31.7 Å². The molecule has 1 aromatic rings. The molecule has 27 heavy (non-hydrogen) atoms. The Labute approximate surface area is 163 Å². The smallest absolute Gasteiger partial charge is 0.249 e. The summed E-state index contributed by atoms with van der Waals surface area (Å²) in [6.07, 6.45) is 5.25. The van der Waals surface area contributed by atoms with Gasteiger partial charge in [0, 0.05) is 19.6 Å². The minimum atomic E-state index is -0.337. The molecule has 1 N–H and O–H groups in total. The first-order chi connectivity index (χ1) is 13.2. The summed E-state index contributed by atoms with van der Waals surface area (Å²) in [6, 6.07) is 8.75. The van der Waals surface area contributed by atoms with Crippen molar-refractivity contribution in [2.45, 2.75) is 64.2 Å². The van der Waals surface area contributed by atoms with Gasteiger partial charge >= 0.3 is 0 Å². The monoisotopic (exact) mass is 374 g/mol. The van der Waals surface area contributed by atoms with Gasteiger partial charge in [0.05, 0.1) is 25.4 Å². The van der Waals surface area contributed by atoms with Crippen molar-refractivity contribution in [3.05, 3.63) is 35.4 Å². The summed E-state index contributed by atoms with van der Waals surface area (Å²) in [6.45, 7) is 8.03. The topological polar surface area (TPSA) is 50.8 Å². The van der Waals surface area contributed by atoms with Crippen molar-refractivity contribution in [3.8, 4) is 0 Å². The van der Waals surface area contributed by atoms with E-state index in [9.17, 15) is 4.79 Å². The van der Waals surface area contributed by atoms with Crippen LogP contribution in [0.2, 0.25) is 0 Å². The lowest BCUT2D eigenvalue weighted by atomic mass is 10.0. The summed E-state index contributed by atoms with van der Waals surface area (Å²) in [5.41, 5.74) is 2.50. The number of hydrogen-bond donors (Lipinski definition) is 1. The third kappa shape index (κ3) is 5.77. The van der Waals surface area contributed by atoms with Gasteiger partial charge in [-0.25, -0.2) is 0 Å². The number of nitrogens with one attached hydrogen (secondary N) is 1. The fourth-order valence-corrected chi connectivity index (χ4v) is 4.14. The second kappa shape index (κ2) is 10.2. The van der Waals surface area contributed by atoms with Crippen LogP contribution in [0.25, 0.3) is 0 Å². The van der Waals surface area contributed by atoms with E-state index < -0.39 is 0 Å². The zero-order valence-electron chi connectivity index (χ0n) is 16.8. The van der Waals surface area contributed by atoms with Crippen molar-refractivity contribution in [1.82, 2.24) is 10.2 Å². The molecule has 1 saturated carbocycles. The van der Waals surface area contributed by atoms with E-state index in [1.165, 1.54) is 24.0 Å². The SMILES string of the molecule is CCC(OC1CCCC1)C(=O)NCC(c1cccc(C)c1)N1CCOCC1. The normalized spacial score (nSPS) is 21.1. The minimum absolute atomic E-state index is 0.0234. The number of carbonyl (C=O) groups excluding carboxylic acids is 1. The maximum absolute atomic E-state index is 12.8. The first-order valence-electron chi connectivity index (χ1n) is 10.5. The highest BCUT2D eigenvalue weighted by Crippen LogP contribution is 2.24. The highest BCUT2D eigenvalue weighted by Gasteiger charge is 2.27. The second-order valence-electron chi connectivity index (χ2n) is 7.76. The van der Waals surface area contributed by atoms with Crippen LogP contribution in [0.5, 0.6) is 0 Å². The number of morpholine rings is 1. The fourth-order valence-electron chi connectivity index (χ4n) is 4.14. The molecule has 2 unspecified atom stereocenters. The molecule has 1 heterocycles. The molecule has 3 rings (SSSR count). The molecule has 1 saturated heterocycles. The van der Waals surface area contributed by atoms with E-state index in [0.717, 1.165) is 45.6 Å². The van der Waals surface area contributed by atoms with E-state index in [2.05, 4.69) is 41.4 Å². The predicted octanol–water partition coefficient (Wildman–Crippen LogP) is 3.22. The van der Waals surface area contributed by atoms with Gasteiger partial charge in [0.15, 0.2) is 0 Å². The summed E-state index contributed by atoms with van der Waals surface area (Å²) < 4.78 is 11.6. The second-order valence-corrected chi connectivity index (χ2v) is 7.76. The molecule has 1 aliphatic carbocycles. The number of rotatable bonds is 8. The number of ether oxygens (including phenoxy) is 2. The summed E-state index contributed by atoms with van der Waals surface area (Å²) in [5, 5.41) is 3.18.